The fourth-order valence-electron chi connectivity index (χ4n) is 3.33. The maximum Gasteiger partial charge on any atom is 0.310 e. The van der Waals surface area contributed by atoms with Crippen molar-refractivity contribution in [3.05, 3.63) is 48.2 Å². The zero-order chi connectivity index (χ0) is 15.0. The summed E-state index contributed by atoms with van der Waals surface area (Å²) in [5.41, 5.74) is 1.69. The Hall–Kier alpha value is -2.14. The molecule has 0 radical (unpaired) electrons. The molecule has 0 aromatic heterocycles. The van der Waals surface area contributed by atoms with Gasteiger partial charge < -0.3 is 10.1 Å². The Morgan fingerprint density at radius 2 is 2.14 bits per heavy atom. The van der Waals surface area contributed by atoms with Gasteiger partial charge in [-0.1, -0.05) is 36.9 Å². The van der Waals surface area contributed by atoms with E-state index in [1.165, 1.54) is 7.11 Å². The number of piperazine rings is 1. The Kier molecular flexibility index (Phi) is 3.51. The molecule has 2 saturated heterocycles. The molecule has 0 saturated carbocycles. The maximum atomic E-state index is 12.2. The molecule has 1 amide bonds. The van der Waals surface area contributed by atoms with E-state index < -0.39 is 0 Å². The van der Waals surface area contributed by atoms with Crippen LogP contribution in [0.25, 0.3) is 0 Å². The number of rotatable bonds is 3. The number of benzene rings is 1. The molecule has 0 spiro atoms. The number of hydrogen-bond acceptors (Lipinski definition) is 4. The van der Waals surface area contributed by atoms with Crippen LogP contribution in [0, 0.1) is 5.92 Å². The number of fused-ring (bicyclic) bond motifs is 2. The van der Waals surface area contributed by atoms with Gasteiger partial charge in [-0.15, -0.1) is 0 Å². The SMILES string of the molecule is C=C1NC(=O)C2CC(C(=O)OC)C1N2Cc1ccccc1. The average molecular weight is 286 g/mol. The van der Waals surface area contributed by atoms with Crippen LogP contribution in [0.2, 0.25) is 0 Å². The largest absolute Gasteiger partial charge is 0.469 e. The molecular formula is C16H18N2O3. The second-order valence-electron chi connectivity index (χ2n) is 5.50. The van der Waals surface area contributed by atoms with Crippen molar-refractivity contribution in [3.63, 3.8) is 0 Å². The van der Waals surface area contributed by atoms with Crippen molar-refractivity contribution in [1.29, 1.82) is 0 Å². The van der Waals surface area contributed by atoms with Gasteiger partial charge in [0.05, 0.1) is 25.1 Å². The van der Waals surface area contributed by atoms with Crippen LogP contribution in [-0.4, -0.2) is 36.0 Å². The van der Waals surface area contributed by atoms with Crippen LogP contribution in [0.15, 0.2) is 42.6 Å². The summed E-state index contributed by atoms with van der Waals surface area (Å²) in [5, 5.41) is 2.78. The summed E-state index contributed by atoms with van der Waals surface area (Å²) in [7, 11) is 1.38. The summed E-state index contributed by atoms with van der Waals surface area (Å²) < 4.78 is 4.88. The standard InChI is InChI=1S/C16H18N2O3/c1-10-14-12(16(20)21-2)8-13(15(19)17-10)18(14)9-11-6-4-3-5-7-11/h3-7,12-14H,1,8-9H2,2H3,(H,17,19). The molecule has 5 heteroatoms. The molecule has 1 N–H and O–H groups in total. The molecule has 110 valence electrons. The highest BCUT2D eigenvalue weighted by molar-refractivity contribution is 5.88. The lowest BCUT2D eigenvalue weighted by molar-refractivity contribution is -0.146. The molecule has 2 bridgehead atoms. The highest BCUT2D eigenvalue weighted by atomic mass is 16.5. The van der Waals surface area contributed by atoms with Gasteiger partial charge in [-0.25, -0.2) is 0 Å². The van der Waals surface area contributed by atoms with Gasteiger partial charge in [-0.05, 0) is 12.0 Å². The fourth-order valence-corrected chi connectivity index (χ4v) is 3.33. The predicted molar refractivity (Wildman–Crippen MR) is 77.0 cm³/mol. The summed E-state index contributed by atoms with van der Waals surface area (Å²) in [5.74, 6) is -0.702. The Bertz CT molecular complexity index is 584. The van der Waals surface area contributed by atoms with Crippen molar-refractivity contribution >= 4 is 11.9 Å². The van der Waals surface area contributed by atoms with E-state index in [4.69, 9.17) is 4.74 Å². The van der Waals surface area contributed by atoms with Crippen LogP contribution in [-0.2, 0) is 20.9 Å². The van der Waals surface area contributed by atoms with Crippen molar-refractivity contribution in [2.45, 2.75) is 25.0 Å². The van der Waals surface area contributed by atoms with Crippen LogP contribution in [0.1, 0.15) is 12.0 Å². The molecule has 2 fully saturated rings. The van der Waals surface area contributed by atoms with E-state index in [-0.39, 0.29) is 29.9 Å². The molecule has 2 aliphatic rings. The first-order chi connectivity index (χ1) is 10.1. The van der Waals surface area contributed by atoms with E-state index in [1.807, 2.05) is 30.3 Å². The van der Waals surface area contributed by atoms with Crippen molar-refractivity contribution in [3.8, 4) is 0 Å². The van der Waals surface area contributed by atoms with Crippen molar-refractivity contribution in [2.75, 3.05) is 7.11 Å². The smallest absolute Gasteiger partial charge is 0.310 e. The minimum atomic E-state index is -0.338. The first-order valence-electron chi connectivity index (χ1n) is 6.99. The van der Waals surface area contributed by atoms with Crippen LogP contribution in [0.4, 0.5) is 0 Å². The van der Waals surface area contributed by atoms with Gasteiger partial charge >= 0.3 is 5.97 Å². The third kappa shape index (κ3) is 2.34. The number of nitrogens with zero attached hydrogens (tertiary/aromatic N) is 1. The molecule has 21 heavy (non-hydrogen) atoms. The van der Waals surface area contributed by atoms with Crippen molar-refractivity contribution in [1.82, 2.24) is 10.2 Å². The van der Waals surface area contributed by atoms with E-state index in [2.05, 4.69) is 16.8 Å². The fraction of sp³-hybridized carbons (Fsp3) is 0.375. The third-order valence-electron chi connectivity index (χ3n) is 4.27. The first kappa shape index (κ1) is 13.8. The number of ether oxygens (including phenoxy) is 1. The number of nitrogens with one attached hydrogen (secondary N) is 1. The van der Waals surface area contributed by atoms with E-state index in [9.17, 15) is 9.59 Å². The van der Waals surface area contributed by atoms with E-state index >= 15 is 0 Å². The lowest BCUT2D eigenvalue weighted by Crippen LogP contribution is -2.54. The molecule has 3 unspecified atom stereocenters. The Labute approximate surface area is 123 Å². The Balaban J connectivity index is 1.90. The molecule has 2 aliphatic heterocycles. The molecule has 5 nitrogen and oxygen atoms in total. The topological polar surface area (TPSA) is 58.6 Å². The molecule has 1 aromatic carbocycles. The zero-order valence-electron chi connectivity index (χ0n) is 11.9. The zero-order valence-corrected chi connectivity index (χ0v) is 11.9. The number of carbonyl (C=O) groups is 2. The van der Waals surface area contributed by atoms with Gasteiger partial charge in [0.2, 0.25) is 5.91 Å². The van der Waals surface area contributed by atoms with Gasteiger partial charge in [0.1, 0.15) is 0 Å². The summed E-state index contributed by atoms with van der Waals surface area (Å²) in [6, 6.07) is 9.42. The monoisotopic (exact) mass is 286 g/mol. The van der Waals surface area contributed by atoms with Gasteiger partial charge in [0, 0.05) is 12.2 Å². The number of methoxy groups -OCH3 is 1. The van der Waals surface area contributed by atoms with Crippen molar-refractivity contribution in [2.24, 2.45) is 5.92 Å². The minimum Gasteiger partial charge on any atom is -0.469 e. The second-order valence-corrected chi connectivity index (χ2v) is 5.50. The normalized spacial score (nSPS) is 28.3. The number of carbonyl (C=O) groups excluding carboxylic acids is 2. The quantitative estimate of drug-likeness (QED) is 0.844. The van der Waals surface area contributed by atoms with Gasteiger partial charge in [-0.2, -0.15) is 0 Å². The number of esters is 1. The summed E-state index contributed by atoms with van der Waals surface area (Å²) in [4.78, 5) is 26.2. The lowest BCUT2D eigenvalue weighted by Gasteiger charge is -2.36. The molecule has 2 heterocycles. The predicted octanol–water partition coefficient (Wildman–Crippen LogP) is 1.06. The van der Waals surface area contributed by atoms with Crippen LogP contribution in [0.5, 0.6) is 0 Å². The van der Waals surface area contributed by atoms with E-state index in [0.717, 1.165) is 5.56 Å². The Morgan fingerprint density at radius 1 is 1.43 bits per heavy atom. The third-order valence-corrected chi connectivity index (χ3v) is 4.27. The number of hydrogen-bond donors (Lipinski definition) is 1. The van der Waals surface area contributed by atoms with E-state index in [0.29, 0.717) is 18.7 Å². The summed E-state index contributed by atoms with van der Waals surface area (Å²) >= 11 is 0. The summed E-state index contributed by atoms with van der Waals surface area (Å²) in [6.07, 6.45) is 0.481. The molecule has 3 rings (SSSR count). The van der Waals surface area contributed by atoms with Crippen molar-refractivity contribution < 1.29 is 14.3 Å². The van der Waals surface area contributed by atoms with Gasteiger partial charge in [-0.3, -0.25) is 14.5 Å². The minimum absolute atomic E-state index is 0.0846. The number of amides is 1. The van der Waals surface area contributed by atoms with E-state index in [1.54, 1.807) is 0 Å². The average Bonchev–Trinajstić information content (AvgIpc) is 2.80. The van der Waals surface area contributed by atoms with Crippen LogP contribution < -0.4 is 5.32 Å². The summed E-state index contributed by atoms with van der Waals surface area (Å²) in [6.45, 7) is 4.54. The first-order valence-corrected chi connectivity index (χ1v) is 6.99. The van der Waals surface area contributed by atoms with Gasteiger partial charge in [0.25, 0.3) is 0 Å². The highest BCUT2D eigenvalue weighted by Gasteiger charge is 2.52. The second kappa shape index (κ2) is 5.33. The van der Waals surface area contributed by atoms with Crippen LogP contribution in [0.3, 0.4) is 0 Å². The molecule has 0 aliphatic carbocycles. The van der Waals surface area contributed by atoms with Gasteiger partial charge in [0.15, 0.2) is 0 Å². The molecule has 1 aromatic rings. The highest BCUT2D eigenvalue weighted by Crippen LogP contribution is 2.38. The Morgan fingerprint density at radius 3 is 2.81 bits per heavy atom. The van der Waals surface area contributed by atoms with Crippen LogP contribution >= 0.6 is 0 Å². The maximum absolute atomic E-state index is 12.2. The lowest BCUT2D eigenvalue weighted by atomic mass is 9.98. The molecule has 3 atom stereocenters. The molecular weight excluding hydrogens is 268 g/mol.